The van der Waals surface area contributed by atoms with Gasteiger partial charge in [-0.1, -0.05) is 20.8 Å². The number of carbonyl (C=O) groups is 1. The van der Waals surface area contributed by atoms with Crippen LogP contribution in [0.25, 0.3) is 0 Å². The Morgan fingerprint density at radius 2 is 2.11 bits per heavy atom. The smallest absolute Gasteiger partial charge is 0.224 e. The predicted octanol–water partition coefficient (Wildman–Crippen LogP) is 1.93. The second-order valence-electron chi connectivity index (χ2n) is 6.21. The molecule has 1 saturated carbocycles. The first-order chi connectivity index (χ1) is 8.95. The summed E-state index contributed by atoms with van der Waals surface area (Å²) in [6.45, 7) is 9.64. The molecule has 0 aromatic heterocycles. The third-order valence-electron chi connectivity index (χ3n) is 4.14. The van der Waals surface area contributed by atoms with Gasteiger partial charge in [0.05, 0.1) is 18.6 Å². The van der Waals surface area contributed by atoms with Crippen LogP contribution in [0.1, 0.15) is 47.0 Å². The van der Waals surface area contributed by atoms with Crippen LogP contribution < -0.4 is 11.1 Å². The zero-order chi connectivity index (χ0) is 14.4. The quantitative estimate of drug-likeness (QED) is 0.775. The Morgan fingerprint density at radius 1 is 1.42 bits per heavy atom. The minimum absolute atomic E-state index is 0.0103. The lowest BCUT2D eigenvalue weighted by molar-refractivity contribution is -0.128. The van der Waals surface area contributed by atoms with Gasteiger partial charge < -0.3 is 15.8 Å². The first kappa shape index (κ1) is 16.4. The Labute approximate surface area is 117 Å². The van der Waals surface area contributed by atoms with Crippen molar-refractivity contribution in [3.63, 3.8) is 0 Å². The third kappa shape index (κ3) is 5.11. The molecular formula is C15H30N2O2. The fourth-order valence-corrected chi connectivity index (χ4v) is 2.64. The molecule has 4 unspecified atom stereocenters. The van der Waals surface area contributed by atoms with Crippen molar-refractivity contribution in [2.75, 3.05) is 13.2 Å². The maximum Gasteiger partial charge on any atom is 0.224 e. The summed E-state index contributed by atoms with van der Waals surface area (Å²) in [7, 11) is 0. The number of nitrogens with two attached hydrogens (primary N) is 1. The van der Waals surface area contributed by atoms with E-state index in [1.807, 2.05) is 6.92 Å². The molecule has 3 N–H and O–H groups in total. The van der Waals surface area contributed by atoms with Crippen molar-refractivity contribution < 1.29 is 9.53 Å². The normalized spacial score (nSPS) is 29.3. The minimum atomic E-state index is -0.0355. The number of rotatable bonds is 6. The van der Waals surface area contributed by atoms with Crippen LogP contribution in [0, 0.1) is 17.8 Å². The maximum absolute atomic E-state index is 12.4. The molecule has 0 spiro atoms. The van der Waals surface area contributed by atoms with Crippen LogP contribution in [0.5, 0.6) is 0 Å². The van der Waals surface area contributed by atoms with E-state index in [0.717, 1.165) is 19.3 Å². The van der Waals surface area contributed by atoms with E-state index in [4.69, 9.17) is 10.5 Å². The average molecular weight is 270 g/mol. The summed E-state index contributed by atoms with van der Waals surface area (Å²) in [5.74, 6) is 1.04. The van der Waals surface area contributed by atoms with Crippen molar-refractivity contribution >= 4 is 5.91 Å². The fraction of sp³-hybridized carbons (Fsp3) is 0.933. The molecule has 0 radical (unpaired) electrons. The summed E-state index contributed by atoms with van der Waals surface area (Å²) in [5, 5.41) is 3.13. The third-order valence-corrected chi connectivity index (χ3v) is 4.14. The lowest BCUT2D eigenvalue weighted by atomic mass is 9.78. The molecule has 0 heterocycles. The van der Waals surface area contributed by atoms with E-state index >= 15 is 0 Å². The van der Waals surface area contributed by atoms with Gasteiger partial charge >= 0.3 is 0 Å². The maximum atomic E-state index is 12.4. The number of carbonyl (C=O) groups excluding carboxylic acids is 1. The molecule has 112 valence electrons. The van der Waals surface area contributed by atoms with E-state index < -0.39 is 0 Å². The Morgan fingerprint density at radius 3 is 2.68 bits per heavy atom. The Balaban J connectivity index is 2.54. The fourth-order valence-electron chi connectivity index (χ4n) is 2.64. The molecule has 0 aliphatic heterocycles. The van der Waals surface area contributed by atoms with Crippen LogP contribution in [0.4, 0.5) is 0 Å². The number of hydrogen-bond donors (Lipinski definition) is 2. The van der Waals surface area contributed by atoms with E-state index in [1.165, 1.54) is 0 Å². The standard InChI is InChI=1S/C15H30N2O2/c1-5-19-9-14(10(2)3)17-15(18)12-8-11(4)6-7-13(12)16/h10-14H,5-9,16H2,1-4H3,(H,17,18). The molecule has 0 aromatic carbocycles. The van der Waals surface area contributed by atoms with Crippen LogP contribution in [0.15, 0.2) is 0 Å². The van der Waals surface area contributed by atoms with E-state index in [0.29, 0.717) is 25.0 Å². The summed E-state index contributed by atoms with van der Waals surface area (Å²) in [6, 6.07) is 0.0907. The first-order valence-electron chi connectivity index (χ1n) is 7.59. The van der Waals surface area contributed by atoms with Crippen LogP contribution in [-0.4, -0.2) is 31.2 Å². The second kappa shape index (κ2) is 7.85. The molecule has 0 bridgehead atoms. The van der Waals surface area contributed by atoms with Gasteiger partial charge in [0, 0.05) is 12.6 Å². The molecule has 1 rings (SSSR count). The van der Waals surface area contributed by atoms with Crippen LogP contribution >= 0.6 is 0 Å². The number of hydrogen-bond acceptors (Lipinski definition) is 3. The zero-order valence-corrected chi connectivity index (χ0v) is 12.8. The van der Waals surface area contributed by atoms with Gasteiger partial charge in [-0.3, -0.25) is 4.79 Å². The molecule has 1 amide bonds. The summed E-state index contributed by atoms with van der Waals surface area (Å²) in [6.07, 6.45) is 3.00. The van der Waals surface area contributed by atoms with Gasteiger partial charge in [0.1, 0.15) is 0 Å². The van der Waals surface area contributed by atoms with E-state index in [9.17, 15) is 4.79 Å². The Bertz CT molecular complexity index is 281. The molecule has 1 fully saturated rings. The summed E-state index contributed by atoms with van der Waals surface area (Å²) >= 11 is 0. The molecule has 4 heteroatoms. The average Bonchev–Trinajstić information content (AvgIpc) is 2.36. The molecule has 0 saturated heterocycles. The SMILES string of the molecule is CCOCC(NC(=O)C1CC(C)CCC1N)C(C)C. The van der Waals surface area contributed by atoms with Crippen molar-refractivity contribution in [2.45, 2.75) is 59.0 Å². The van der Waals surface area contributed by atoms with E-state index in [1.54, 1.807) is 0 Å². The monoisotopic (exact) mass is 270 g/mol. The first-order valence-corrected chi connectivity index (χ1v) is 7.59. The molecule has 4 nitrogen and oxygen atoms in total. The molecule has 19 heavy (non-hydrogen) atoms. The highest BCUT2D eigenvalue weighted by molar-refractivity contribution is 5.79. The van der Waals surface area contributed by atoms with Crippen molar-refractivity contribution in [2.24, 2.45) is 23.5 Å². The highest BCUT2D eigenvalue weighted by Gasteiger charge is 2.32. The molecule has 1 aliphatic rings. The van der Waals surface area contributed by atoms with E-state index in [-0.39, 0.29) is 23.9 Å². The second-order valence-corrected chi connectivity index (χ2v) is 6.21. The lowest BCUT2D eigenvalue weighted by Crippen LogP contribution is -2.50. The van der Waals surface area contributed by atoms with E-state index in [2.05, 4.69) is 26.1 Å². The van der Waals surface area contributed by atoms with Gasteiger partial charge in [0.2, 0.25) is 5.91 Å². The van der Waals surface area contributed by atoms with Crippen LogP contribution in [0.3, 0.4) is 0 Å². The van der Waals surface area contributed by atoms with Gasteiger partial charge in [-0.25, -0.2) is 0 Å². The van der Waals surface area contributed by atoms with Crippen LogP contribution in [0.2, 0.25) is 0 Å². The lowest BCUT2D eigenvalue weighted by Gasteiger charge is -2.33. The molecule has 0 aromatic rings. The summed E-state index contributed by atoms with van der Waals surface area (Å²) in [5.41, 5.74) is 6.10. The van der Waals surface area contributed by atoms with Gasteiger partial charge in [-0.05, 0) is 38.0 Å². The van der Waals surface area contributed by atoms with Gasteiger partial charge in [0.15, 0.2) is 0 Å². The highest BCUT2D eigenvalue weighted by atomic mass is 16.5. The molecular weight excluding hydrogens is 240 g/mol. The van der Waals surface area contributed by atoms with Crippen molar-refractivity contribution in [3.05, 3.63) is 0 Å². The highest BCUT2D eigenvalue weighted by Crippen LogP contribution is 2.28. The molecule has 4 atom stereocenters. The van der Waals surface area contributed by atoms with Gasteiger partial charge in [-0.2, -0.15) is 0 Å². The predicted molar refractivity (Wildman–Crippen MR) is 77.7 cm³/mol. The topological polar surface area (TPSA) is 64.3 Å². The largest absolute Gasteiger partial charge is 0.380 e. The van der Waals surface area contributed by atoms with Gasteiger partial charge in [-0.15, -0.1) is 0 Å². The minimum Gasteiger partial charge on any atom is -0.380 e. The van der Waals surface area contributed by atoms with Crippen molar-refractivity contribution in [1.82, 2.24) is 5.32 Å². The number of ether oxygens (including phenoxy) is 1. The number of amides is 1. The van der Waals surface area contributed by atoms with Crippen LogP contribution in [-0.2, 0) is 9.53 Å². The Hall–Kier alpha value is -0.610. The molecule has 1 aliphatic carbocycles. The van der Waals surface area contributed by atoms with Crippen molar-refractivity contribution in [1.29, 1.82) is 0 Å². The van der Waals surface area contributed by atoms with Crippen molar-refractivity contribution in [3.8, 4) is 0 Å². The number of nitrogens with one attached hydrogen (secondary N) is 1. The summed E-state index contributed by atoms with van der Waals surface area (Å²) in [4.78, 5) is 12.4. The summed E-state index contributed by atoms with van der Waals surface area (Å²) < 4.78 is 5.45. The zero-order valence-electron chi connectivity index (χ0n) is 12.8. The Kier molecular flexibility index (Phi) is 6.80. The van der Waals surface area contributed by atoms with Gasteiger partial charge in [0.25, 0.3) is 0 Å².